The molecule has 104 valence electrons. The molecule has 1 amide bonds. The molecule has 0 saturated heterocycles. The number of rotatable bonds is 5. The predicted octanol–water partition coefficient (Wildman–Crippen LogP) is 2.38. The van der Waals surface area contributed by atoms with Crippen LogP contribution in [0.3, 0.4) is 0 Å². The minimum Gasteiger partial charge on any atom is -0.481 e. The highest BCUT2D eigenvalue weighted by molar-refractivity contribution is 5.79. The highest BCUT2D eigenvalue weighted by atomic mass is 16.4. The molecule has 1 N–H and O–H groups in total. The van der Waals surface area contributed by atoms with Crippen molar-refractivity contribution in [3.8, 4) is 0 Å². The van der Waals surface area contributed by atoms with Crippen LogP contribution in [0.5, 0.6) is 0 Å². The molecule has 1 rings (SSSR count). The van der Waals surface area contributed by atoms with Crippen molar-refractivity contribution in [2.24, 2.45) is 17.8 Å². The SMILES string of the molecule is CCC1CCC(C(=O)N(C)CC(C)C(=O)O)CC1. The molecular weight excluding hydrogens is 230 g/mol. The number of carboxylic acids is 1. The number of hydrogen-bond donors (Lipinski definition) is 1. The Morgan fingerprint density at radius 2 is 1.83 bits per heavy atom. The molecule has 1 saturated carbocycles. The first kappa shape index (κ1) is 15.0. The maximum Gasteiger partial charge on any atom is 0.308 e. The molecule has 0 aromatic heterocycles. The molecule has 0 bridgehead atoms. The van der Waals surface area contributed by atoms with Crippen LogP contribution < -0.4 is 0 Å². The van der Waals surface area contributed by atoms with E-state index in [2.05, 4.69) is 6.92 Å². The summed E-state index contributed by atoms with van der Waals surface area (Å²) >= 11 is 0. The number of amides is 1. The Bertz CT molecular complexity index is 295. The highest BCUT2D eigenvalue weighted by Crippen LogP contribution is 2.31. The Hall–Kier alpha value is -1.06. The number of aliphatic carboxylic acids is 1. The Balaban J connectivity index is 2.42. The van der Waals surface area contributed by atoms with Crippen LogP contribution in [0.4, 0.5) is 0 Å². The van der Waals surface area contributed by atoms with Gasteiger partial charge in [-0.1, -0.05) is 20.3 Å². The molecule has 0 aromatic carbocycles. The molecule has 4 heteroatoms. The van der Waals surface area contributed by atoms with E-state index in [4.69, 9.17) is 5.11 Å². The molecule has 0 spiro atoms. The third-order valence-corrected chi connectivity index (χ3v) is 4.12. The van der Waals surface area contributed by atoms with Gasteiger partial charge in [0.15, 0.2) is 0 Å². The van der Waals surface area contributed by atoms with E-state index in [1.54, 1.807) is 18.9 Å². The second-order valence-corrected chi connectivity index (χ2v) is 5.58. The third-order valence-electron chi connectivity index (χ3n) is 4.12. The molecule has 1 aliphatic carbocycles. The summed E-state index contributed by atoms with van der Waals surface area (Å²) < 4.78 is 0. The number of hydrogen-bond acceptors (Lipinski definition) is 2. The highest BCUT2D eigenvalue weighted by Gasteiger charge is 2.28. The lowest BCUT2D eigenvalue weighted by atomic mass is 9.80. The first-order valence-corrected chi connectivity index (χ1v) is 6.93. The predicted molar refractivity (Wildman–Crippen MR) is 70.2 cm³/mol. The van der Waals surface area contributed by atoms with Gasteiger partial charge in [0, 0.05) is 19.5 Å². The average Bonchev–Trinajstić information content (AvgIpc) is 2.37. The maximum absolute atomic E-state index is 12.2. The van der Waals surface area contributed by atoms with Crippen LogP contribution in [0.1, 0.15) is 46.0 Å². The maximum atomic E-state index is 12.2. The van der Waals surface area contributed by atoms with E-state index in [0.29, 0.717) is 6.54 Å². The van der Waals surface area contributed by atoms with Gasteiger partial charge in [0.05, 0.1) is 5.92 Å². The fourth-order valence-electron chi connectivity index (χ4n) is 2.71. The van der Waals surface area contributed by atoms with Crippen LogP contribution in [0.2, 0.25) is 0 Å². The van der Waals surface area contributed by atoms with Gasteiger partial charge in [0.1, 0.15) is 0 Å². The molecule has 4 nitrogen and oxygen atoms in total. The first-order valence-electron chi connectivity index (χ1n) is 6.93. The van der Waals surface area contributed by atoms with Crippen molar-refractivity contribution >= 4 is 11.9 Å². The normalized spacial score (nSPS) is 25.5. The minimum atomic E-state index is -0.843. The Morgan fingerprint density at radius 1 is 1.28 bits per heavy atom. The zero-order chi connectivity index (χ0) is 13.7. The number of carbonyl (C=O) groups is 2. The van der Waals surface area contributed by atoms with Crippen LogP contribution in [0.15, 0.2) is 0 Å². The van der Waals surface area contributed by atoms with Crippen molar-refractivity contribution in [1.29, 1.82) is 0 Å². The summed E-state index contributed by atoms with van der Waals surface area (Å²) in [5.74, 6) is -0.330. The summed E-state index contributed by atoms with van der Waals surface area (Å²) in [6, 6.07) is 0. The van der Waals surface area contributed by atoms with Crippen LogP contribution >= 0.6 is 0 Å². The monoisotopic (exact) mass is 255 g/mol. The summed E-state index contributed by atoms with van der Waals surface area (Å²) in [6.45, 7) is 4.15. The van der Waals surface area contributed by atoms with Crippen LogP contribution in [0.25, 0.3) is 0 Å². The van der Waals surface area contributed by atoms with Gasteiger partial charge in [0.25, 0.3) is 0 Å². The van der Waals surface area contributed by atoms with Gasteiger partial charge in [-0.05, 0) is 31.6 Å². The zero-order valence-electron chi connectivity index (χ0n) is 11.7. The fraction of sp³-hybridized carbons (Fsp3) is 0.857. The fourth-order valence-corrected chi connectivity index (χ4v) is 2.71. The van der Waals surface area contributed by atoms with Crippen molar-refractivity contribution in [1.82, 2.24) is 4.90 Å². The lowest BCUT2D eigenvalue weighted by molar-refractivity contribution is -0.143. The second-order valence-electron chi connectivity index (χ2n) is 5.58. The van der Waals surface area contributed by atoms with Crippen molar-refractivity contribution < 1.29 is 14.7 Å². The van der Waals surface area contributed by atoms with Gasteiger partial charge < -0.3 is 10.0 Å². The zero-order valence-corrected chi connectivity index (χ0v) is 11.7. The molecule has 0 heterocycles. The molecule has 0 radical (unpaired) electrons. The molecule has 0 aliphatic heterocycles. The van der Waals surface area contributed by atoms with E-state index in [1.165, 1.54) is 6.42 Å². The average molecular weight is 255 g/mol. The van der Waals surface area contributed by atoms with E-state index in [1.807, 2.05) is 0 Å². The van der Waals surface area contributed by atoms with E-state index >= 15 is 0 Å². The summed E-state index contributed by atoms with van der Waals surface area (Å²) in [4.78, 5) is 24.6. The van der Waals surface area contributed by atoms with Gasteiger partial charge in [-0.3, -0.25) is 9.59 Å². The number of carbonyl (C=O) groups excluding carboxylic acids is 1. The standard InChI is InChI=1S/C14H25NO3/c1-4-11-5-7-12(8-6-11)13(16)15(3)9-10(2)14(17)18/h10-12H,4-9H2,1-3H3,(H,17,18). The van der Waals surface area contributed by atoms with E-state index < -0.39 is 11.9 Å². The van der Waals surface area contributed by atoms with Crippen molar-refractivity contribution in [3.63, 3.8) is 0 Å². The smallest absolute Gasteiger partial charge is 0.308 e. The summed E-state index contributed by atoms with van der Waals surface area (Å²) in [7, 11) is 1.72. The van der Waals surface area contributed by atoms with Crippen LogP contribution in [-0.4, -0.2) is 35.5 Å². The molecular formula is C14H25NO3. The van der Waals surface area contributed by atoms with Crippen LogP contribution in [0, 0.1) is 17.8 Å². The van der Waals surface area contributed by atoms with Crippen molar-refractivity contribution in [2.75, 3.05) is 13.6 Å². The van der Waals surface area contributed by atoms with E-state index in [0.717, 1.165) is 31.6 Å². The molecule has 1 aliphatic rings. The molecule has 1 fully saturated rings. The van der Waals surface area contributed by atoms with Gasteiger partial charge in [-0.25, -0.2) is 0 Å². The molecule has 18 heavy (non-hydrogen) atoms. The number of carboxylic acid groups (broad SMARTS) is 1. The van der Waals surface area contributed by atoms with Gasteiger partial charge >= 0.3 is 5.97 Å². The van der Waals surface area contributed by atoms with E-state index in [-0.39, 0.29) is 11.8 Å². The minimum absolute atomic E-state index is 0.110. The topological polar surface area (TPSA) is 57.6 Å². The number of nitrogens with zero attached hydrogens (tertiary/aromatic N) is 1. The summed E-state index contributed by atoms with van der Waals surface area (Å²) in [5, 5.41) is 8.85. The first-order chi connectivity index (χ1) is 8.45. The summed E-state index contributed by atoms with van der Waals surface area (Å²) in [6.07, 6.45) is 5.39. The third kappa shape index (κ3) is 4.00. The largest absolute Gasteiger partial charge is 0.481 e. The Kier molecular flexibility index (Phi) is 5.63. The lowest BCUT2D eigenvalue weighted by Gasteiger charge is -2.30. The molecule has 1 atom stereocenters. The molecule has 1 unspecified atom stereocenters. The van der Waals surface area contributed by atoms with E-state index in [9.17, 15) is 9.59 Å². The van der Waals surface area contributed by atoms with Crippen molar-refractivity contribution in [3.05, 3.63) is 0 Å². The Morgan fingerprint density at radius 3 is 2.28 bits per heavy atom. The molecule has 0 aromatic rings. The second kappa shape index (κ2) is 6.76. The van der Waals surface area contributed by atoms with Crippen LogP contribution in [-0.2, 0) is 9.59 Å². The Labute approximate surface area is 109 Å². The summed E-state index contributed by atoms with van der Waals surface area (Å²) in [5.41, 5.74) is 0. The van der Waals surface area contributed by atoms with Gasteiger partial charge in [0.2, 0.25) is 5.91 Å². The quantitative estimate of drug-likeness (QED) is 0.820. The lowest BCUT2D eigenvalue weighted by Crippen LogP contribution is -2.38. The van der Waals surface area contributed by atoms with Crippen molar-refractivity contribution in [2.45, 2.75) is 46.0 Å². The van der Waals surface area contributed by atoms with Gasteiger partial charge in [-0.2, -0.15) is 0 Å². The van der Waals surface area contributed by atoms with Gasteiger partial charge in [-0.15, -0.1) is 0 Å².